The largest absolute Gasteiger partial charge is 0.398 e. The van der Waals surface area contributed by atoms with Crippen LogP contribution in [0.25, 0.3) is 0 Å². The predicted octanol–water partition coefficient (Wildman–Crippen LogP) is 3.47. The summed E-state index contributed by atoms with van der Waals surface area (Å²) in [5, 5.41) is 0. The summed E-state index contributed by atoms with van der Waals surface area (Å²) < 4.78 is 27.5. The van der Waals surface area contributed by atoms with Gasteiger partial charge >= 0.3 is 0 Å². The van der Waals surface area contributed by atoms with Crippen LogP contribution < -0.4 is 10.0 Å². The molecule has 21 heavy (non-hydrogen) atoms. The van der Waals surface area contributed by atoms with Crippen LogP contribution in [0.1, 0.15) is 11.1 Å². The molecule has 2 aromatic carbocycles. The Balaban J connectivity index is 2.51. The van der Waals surface area contributed by atoms with Crippen molar-refractivity contribution < 1.29 is 8.42 Å². The highest BCUT2D eigenvalue weighted by molar-refractivity contribution is 9.10. The van der Waals surface area contributed by atoms with E-state index in [2.05, 4.69) is 15.9 Å². The standard InChI is InChI=1S/C15H17BrN2O2S/c1-10-4-6-12(7-5-10)18(3)21(19,20)15-9-14(17)13(16)8-11(15)2/h4-9H,17H2,1-3H3. The number of hydrogen-bond acceptors (Lipinski definition) is 3. The molecule has 6 heteroatoms. The summed E-state index contributed by atoms with van der Waals surface area (Å²) in [6.45, 7) is 3.71. The van der Waals surface area contributed by atoms with Crippen molar-refractivity contribution in [1.82, 2.24) is 0 Å². The molecule has 0 amide bonds. The summed E-state index contributed by atoms with van der Waals surface area (Å²) in [6, 6.07) is 10.5. The Morgan fingerprint density at radius 2 is 1.67 bits per heavy atom. The van der Waals surface area contributed by atoms with Crippen LogP contribution in [-0.2, 0) is 10.0 Å². The Morgan fingerprint density at radius 1 is 1.10 bits per heavy atom. The summed E-state index contributed by atoms with van der Waals surface area (Å²) in [4.78, 5) is 0.214. The van der Waals surface area contributed by atoms with Gasteiger partial charge in [-0.15, -0.1) is 0 Å². The van der Waals surface area contributed by atoms with Crippen LogP contribution in [-0.4, -0.2) is 15.5 Å². The summed E-state index contributed by atoms with van der Waals surface area (Å²) >= 11 is 3.30. The molecule has 0 spiro atoms. The van der Waals surface area contributed by atoms with Gasteiger partial charge in [0, 0.05) is 17.2 Å². The van der Waals surface area contributed by atoms with E-state index >= 15 is 0 Å². The molecule has 0 aromatic heterocycles. The zero-order valence-electron chi connectivity index (χ0n) is 12.1. The Hall–Kier alpha value is -1.53. The fourth-order valence-electron chi connectivity index (χ4n) is 1.99. The van der Waals surface area contributed by atoms with E-state index in [1.54, 1.807) is 25.1 Å². The lowest BCUT2D eigenvalue weighted by Crippen LogP contribution is -2.27. The highest BCUT2D eigenvalue weighted by Gasteiger charge is 2.24. The first-order valence-electron chi connectivity index (χ1n) is 6.34. The quantitative estimate of drug-likeness (QED) is 0.843. The van der Waals surface area contributed by atoms with Gasteiger partial charge in [0.1, 0.15) is 0 Å². The van der Waals surface area contributed by atoms with Gasteiger partial charge in [0.25, 0.3) is 10.0 Å². The third-order valence-electron chi connectivity index (χ3n) is 3.33. The molecule has 0 aliphatic rings. The highest BCUT2D eigenvalue weighted by atomic mass is 79.9. The van der Waals surface area contributed by atoms with E-state index in [1.807, 2.05) is 19.1 Å². The van der Waals surface area contributed by atoms with Crippen molar-refractivity contribution in [1.29, 1.82) is 0 Å². The number of aryl methyl sites for hydroxylation is 2. The third kappa shape index (κ3) is 3.06. The second kappa shape index (κ2) is 5.69. The van der Waals surface area contributed by atoms with Crippen LogP contribution in [0.15, 0.2) is 45.8 Å². The van der Waals surface area contributed by atoms with E-state index in [4.69, 9.17) is 5.73 Å². The third-order valence-corrected chi connectivity index (χ3v) is 5.94. The number of nitrogens with zero attached hydrogens (tertiary/aromatic N) is 1. The van der Waals surface area contributed by atoms with Crippen molar-refractivity contribution in [2.24, 2.45) is 0 Å². The van der Waals surface area contributed by atoms with Gasteiger partial charge in [0.05, 0.1) is 10.6 Å². The van der Waals surface area contributed by atoms with Crippen LogP contribution >= 0.6 is 15.9 Å². The molecular formula is C15H17BrN2O2S. The number of sulfonamides is 1. The molecule has 0 saturated carbocycles. The van der Waals surface area contributed by atoms with Gasteiger partial charge in [-0.25, -0.2) is 8.42 Å². The number of benzene rings is 2. The van der Waals surface area contributed by atoms with E-state index < -0.39 is 10.0 Å². The topological polar surface area (TPSA) is 63.4 Å². The minimum atomic E-state index is -3.64. The molecule has 0 heterocycles. The number of hydrogen-bond donors (Lipinski definition) is 1. The second-order valence-corrected chi connectivity index (χ2v) is 7.74. The molecule has 0 unspecified atom stereocenters. The van der Waals surface area contributed by atoms with Crippen LogP contribution in [0.3, 0.4) is 0 Å². The smallest absolute Gasteiger partial charge is 0.264 e. The van der Waals surface area contributed by atoms with Gasteiger partial charge in [-0.1, -0.05) is 17.7 Å². The number of nitrogen functional groups attached to an aromatic ring is 1. The van der Waals surface area contributed by atoms with Crippen LogP contribution in [0.2, 0.25) is 0 Å². The van der Waals surface area contributed by atoms with Gasteiger partial charge < -0.3 is 5.73 Å². The van der Waals surface area contributed by atoms with Crippen molar-refractivity contribution in [3.63, 3.8) is 0 Å². The highest BCUT2D eigenvalue weighted by Crippen LogP contribution is 2.30. The summed E-state index contributed by atoms with van der Waals surface area (Å²) in [7, 11) is -2.10. The van der Waals surface area contributed by atoms with Crippen molar-refractivity contribution >= 4 is 37.3 Å². The molecular weight excluding hydrogens is 352 g/mol. The van der Waals surface area contributed by atoms with E-state index in [9.17, 15) is 8.42 Å². The summed E-state index contributed by atoms with van der Waals surface area (Å²) in [6.07, 6.45) is 0. The van der Waals surface area contributed by atoms with Gasteiger partial charge in [-0.2, -0.15) is 0 Å². The van der Waals surface area contributed by atoms with E-state index in [-0.39, 0.29) is 4.90 Å². The molecule has 0 radical (unpaired) electrons. The van der Waals surface area contributed by atoms with Crippen molar-refractivity contribution in [3.8, 4) is 0 Å². The number of halogens is 1. The number of nitrogens with two attached hydrogens (primary N) is 1. The van der Waals surface area contributed by atoms with Crippen LogP contribution in [0, 0.1) is 13.8 Å². The van der Waals surface area contributed by atoms with Gasteiger partial charge in [0.15, 0.2) is 0 Å². The van der Waals surface area contributed by atoms with E-state index in [0.717, 1.165) is 5.56 Å². The minimum absolute atomic E-state index is 0.214. The van der Waals surface area contributed by atoms with E-state index in [0.29, 0.717) is 21.4 Å². The molecule has 4 nitrogen and oxygen atoms in total. The van der Waals surface area contributed by atoms with Crippen LogP contribution in [0.4, 0.5) is 11.4 Å². The molecule has 0 saturated heterocycles. The minimum Gasteiger partial charge on any atom is -0.398 e. The molecule has 2 rings (SSSR count). The normalized spacial score (nSPS) is 11.4. The molecule has 0 fully saturated rings. The maximum atomic E-state index is 12.8. The van der Waals surface area contributed by atoms with Gasteiger partial charge in [-0.05, 0) is 59.6 Å². The van der Waals surface area contributed by atoms with Gasteiger partial charge in [-0.3, -0.25) is 4.31 Å². The Kier molecular flexibility index (Phi) is 4.30. The van der Waals surface area contributed by atoms with E-state index in [1.165, 1.54) is 17.4 Å². The predicted molar refractivity (Wildman–Crippen MR) is 90.1 cm³/mol. The molecule has 2 N–H and O–H groups in total. The zero-order chi connectivity index (χ0) is 15.8. The fraction of sp³-hybridized carbons (Fsp3) is 0.200. The summed E-state index contributed by atoms with van der Waals surface area (Å²) in [5.41, 5.74) is 8.55. The van der Waals surface area contributed by atoms with Gasteiger partial charge in [0.2, 0.25) is 0 Å². The molecule has 0 aliphatic carbocycles. The lowest BCUT2D eigenvalue weighted by atomic mass is 10.2. The maximum absolute atomic E-state index is 12.8. The molecule has 0 aliphatic heterocycles. The Bertz CT molecular complexity index is 771. The zero-order valence-corrected chi connectivity index (χ0v) is 14.5. The first kappa shape index (κ1) is 15.9. The lowest BCUT2D eigenvalue weighted by molar-refractivity contribution is 0.594. The maximum Gasteiger partial charge on any atom is 0.264 e. The lowest BCUT2D eigenvalue weighted by Gasteiger charge is -2.21. The second-order valence-electron chi connectivity index (χ2n) is 4.95. The van der Waals surface area contributed by atoms with Crippen LogP contribution in [0.5, 0.6) is 0 Å². The SMILES string of the molecule is Cc1ccc(N(C)S(=O)(=O)c2cc(N)c(Br)cc2C)cc1. The number of rotatable bonds is 3. The summed E-state index contributed by atoms with van der Waals surface area (Å²) in [5.74, 6) is 0. The van der Waals surface area contributed by atoms with Crippen molar-refractivity contribution in [2.45, 2.75) is 18.7 Å². The Labute approximate surface area is 133 Å². The average Bonchev–Trinajstić information content (AvgIpc) is 2.42. The van der Waals surface area contributed by atoms with Crippen molar-refractivity contribution in [2.75, 3.05) is 17.1 Å². The molecule has 0 atom stereocenters. The molecule has 2 aromatic rings. The molecule has 0 bridgehead atoms. The number of anilines is 2. The first-order chi connectivity index (χ1) is 9.73. The average molecular weight is 369 g/mol. The first-order valence-corrected chi connectivity index (χ1v) is 8.58. The molecule has 112 valence electrons. The van der Waals surface area contributed by atoms with Crippen molar-refractivity contribution in [3.05, 3.63) is 52.0 Å². The fourth-order valence-corrected chi connectivity index (χ4v) is 3.88. The Morgan fingerprint density at radius 3 is 2.24 bits per heavy atom. The monoisotopic (exact) mass is 368 g/mol.